The molecule has 0 aliphatic carbocycles. The maximum Gasteiger partial charge on any atom is 0.303 e. The van der Waals surface area contributed by atoms with Crippen molar-refractivity contribution in [3.05, 3.63) is 0 Å². The number of hydrogen-bond acceptors (Lipinski definition) is 3. The van der Waals surface area contributed by atoms with Crippen LogP contribution in [0.15, 0.2) is 0 Å². The van der Waals surface area contributed by atoms with Crippen molar-refractivity contribution < 1.29 is 14.7 Å². The fraction of sp³-hybridized carbons (Fsp3) is 0.833. The van der Waals surface area contributed by atoms with E-state index in [1.54, 1.807) is 0 Å². The van der Waals surface area contributed by atoms with Crippen LogP contribution < -0.4 is 5.32 Å². The van der Waals surface area contributed by atoms with Gasteiger partial charge < -0.3 is 10.4 Å². The SMILES string of the molecule is CCCC(CCNC(=O)CSC)CCC(=O)O. The van der Waals surface area contributed by atoms with Crippen LogP contribution in [-0.2, 0) is 9.59 Å². The van der Waals surface area contributed by atoms with Gasteiger partial charge in [-0.2, -0.15) is 11.8 Å². The highest BCUT2D eigenvalue weighted by Crippen LogP contribution is 2.17. The first-order chi connectivity index (χ1) is 8.10. The van der Waals surface area contributed by atoms with Gasteiger partial charge in [-0.3, -0.25) is 9.59 Å². The average Bonchev–Trinajstić information content (AvgIpc) is 2.26. The lowest BCUT2D eigenvalue weighted by Gasteiger charge is -2.15. The lowest BCUT2D eigenvalue weighted by molar-refractivity contribution is -0.137. The highest BCUT2D eigenvalue weighted by molar-refractivity contribution is 7.99. The van der Waals surface area contributed by atoms with E-state index in [-0.39, 0.29) is 12.3 Å². The number of thioether (sulfide) groups is 1. The predicted octanol–water partition coefficient (Wildman–Crippen LogP) is 2.14. The van der Waals surface area contributed by atoms with Crippen LogP contribution in [-0.4, -0.2) is 35.5 Å². The van der Waals surface area contributed by atoms with Gasteiger partial charge in [-0.25, -0.2) is 0 Å². The van der Waals surface area contributed by atoms with Gasteiger partial charge in [0.15, 0.2) is 0 Å². The highest BCUT2D eigenvalue weighted by atomic mass is 32.2. The number of carboxylic acid groups (broad SMARTS) is 1. The zero-order chi connectivity index (χ0) is 13.1. The first-order valence-electron chi connectivity index (χ1n) is 6.07. The van der Waals surface area contributed by atoms with Crippen molar-refractivity contribution in [2.24, 2.45) is 5.92 Å². The Morgan fingerprint density at radius 3 is 2.53 bits per heavy atom. The summed E-state index contributed by atoms with van der Waals surface area (Å²) in [4.78, 5) is 21.7. The third-order valence-corrected chi connectivity index (χ3v) is 3.16. The Hall–Kier alpha value is -0.710. The number of carboxylic acids is 1. The fourth-order valence-corrected chi connectivity index (χ4v) is 2.13. The Bertz CT molecular complexity index is 234. The molecule has 0 bridgehead atoms. The van der Waals surface area contributed by atoms with E-state index in [9.17, 15) is 9.59 Å². The molecule has 0 radical (unpaired) electrons. The summed E-state index contributed by atoms with van der Waals surface area (Å²) >= 11 is 1.50. The molecule has 0 rings (SSSR count). The van der Waals surface area contributed by atoms with Gasteiger partial charge in [0.1, 0.15) is 0 Å². The molecule has 0 saturated carbocycles. The normalized spacial score (nSPS) is 12.1. The van der Waals surface area contributed by atoms with Gasteiger partial charge in [-0.1, -0.05) is 19.8 Å². The summed E-state index contributed by atoms with van der Waals surface area (Å²) in [6.45, 7) is 2.75. The van der Waals surface area contributed by atoms with Crippen LogP contribution >= 0.6 is 11.8 Å². The van der Waals surface area contributed by atoms with Crippen molar-refractivity contribution in [2.75, 3.05) is 18.6 Å². The topological polar surface area (TPSA) is 66.4 Å². The molecular weight excluding hydrogens is 238 g/mol. The summed E-state index contributed by atoms with van der Waals surface area (Å²) in [5, 5.41) is 11.5. The molecule has 4 nitrogen and oxygen atoms in total. The number of aliphatic carboxylic acids is 1. The number of carbonyl (C=O) groups is 2. The van der Waals surface area contributed by atoms with Crippen molar-refractivity contribution in [3.63, 3.8) is 0 Å². The van der Waals surface area contributed by atoms with Crippen molar-refractivity contribution in [1.82, 2.24) is 5.32 Å². The number of hydrogen-bond donors (Lipinski definition) is 2. The van der Waals surface area contributed by atoms with E-state index in [0.717, 1.165) is 19.3 Å². The minimum Gasteiger partial charge on any atom is -0.481 e. The molecule has 1 unspecified atom stereocenters. The van der Waals surface area contributed by atoms with Crippen LogP contribution in [0.5, 0.6) is 0 Å². The Balaban J connectivity index is 3.75. The van der Waals surface area contributed by atoms with E-state index in [1.807, 2.05) is 6.26 Å². The Kier molecular flexibility index (Phi) is 10.0. The van der Waals surface area contributed by atoms with E-state index in [1.165, 1.54) is 11.8 Å². The van der Waals surface area contributed by atoms with E-state index in [0.29, 0.717) is 24.6 Å². The number of carbonyl (C=O) groups excluding carboxylic acids is 1. The van der Waals surface area contributed by atoms with Crippen LogP contribution in [0.2, 0.25) is 0 Å². The minimum absolute atomic E-state index is 0.0611. The summed E-state index contributed by atoms with van der Waals surface area (Å²) in [7, 11) is 0. The van der Waals surface area contributed by atoms with E-state index in [2.05, 4.69) is 12.2 Å². The third-order valence-electron chi connectivity index (χ3n) is 2.61. The van der Waals surface area contributed by atoms with Crippen LogP contribution in [0.3, 0.4) is 0 Å². The molecule has 17 heavy (non-hydrogen) atoms. The molecule has 0 saturated heterocycles. The van der Waals surface area contributed by atoms with Crippen LogP contribution in [0.1, 0.15) is 39.0 Å². The molecule has 100 valence electrons. The van der Waals surface area contributed by atoms with Gasteiger partial charge in [0.25, 0.3) is 0 Å². The third kappa shape index (κ3) is 10.2. The Morgan fingerprint density at radius 1 is 1.29 bits per heavy atom. The second kappa shape index (κ2) is 10.4. The van der Waals surface area contributed by atoms with Crippen LogP contribution in [0.4, 0.5) is 0 Å². The fourth-order valence-electron chi connectivity index (χ4n) is 1.77. The van der Waals surface area contributed by atoms with Crippen molar-refractivity contribution >= 4 is 23.6 Å². The monoisotopic (exact) mass is 261 g/mol. The predicted molar refractivity (Wildman–Crippen MR) is 71.3 cm³/mol. The second-order valence-electron chi connectivity index (χ2n) is 4.16. The summed E-state index contributed by atoms with van der Waals surface area (Å²) in [5.41, 5.74) is 0. The lowest BCUT2D eigenvalue weighted by atomic mass is 9.94. The minimum atomic E-state index is -0.738. The van der Waals surface area contributed by atoms with Gasteiger partial charge >= 0.3 is 5.97 Å². The molecule has 0 aromatic carbocycles. The zero-order valence-electron chi connectivity index (χ0n) is 10.7. The molecule has 0 aliphatic heterocycles. The van der Waals surface area contributed by atoms with E-state index >= 15 is 0 Å². The molecular formula is C12H23NO3S. The van der Waals surface area contributed by atoms with Crippen molar-refractivity contribution in [2.45, 2.75) is 39.0 Å². The zero-order valence-corrected chi connectivity index (χ0v) is 11.5. The van der Waals surface area contributed by atoms with Gasteiger partial charge in [0.05, 0.1) is 5.75 Å². The first kappa shape index (κ1) is 16.3. The average molecular weight is 261 g/mol. The molecule has 1 amide bonds. The largest absolute Gasteiger partial charge is 0.481 e. The standard InChI is InChI=1S/C12H23NO3S/c1-3-4-10(5-6-12(15)16)7-8-13-11(14)9-17-2/h10H,3-9H2,1-2H3,(H,13,14)(H,15,16). The van der Waals surface area contributed by atoms with Gasteiger partial charge in [-0.15, -0.1) is 0 Å². The second-order valence-corrected chi connectivity index (χ2v) is 5.02. The van der Waals surface area contributed by atoms with E-state index < -0.39 is 5.97 Å². The molecule has 0 spiro atoms. The molecule has 5 heteroatoms. The molecule has 0 heterocycles. The number of rotatable bonds is 10. The van der Waals surface area contributed by atoms with Crippen molar-refractivity contribution in [1.29, 1.82) is 0 Å². The van der Waals surface area contributed by atoms with E-state index in [4.69, 9.17) is 5.11 Å². The summed E-state index contributed by atoms with van der Waals surface area (Å²) in [6.07, 6.45) is 5.80. The van der Waals surface area contributed by atoms with Gasteiger partial charge in [-0.05, 0) is 25.0 Å². The maximum atomic E-state index is 11.2. The summed E-state index contributed by atoms with van der Waals surface area (Å²) in [5.74, 6) is 0.224. The van der Waals surface area contributed by atoms with Gasteiger partial charge in [0, 0.05) is 13.0 Å². The summed E-state index contributed by atoms with van der Waals surface area (Å²) < 4.78 is 0. The van der Waals surface area contributed by atoms with Crippen molar-refractivity contribution in [3.8, 4) is 0 Å². The smallest absolute Gasteiger partial charge is 0.303 e. The van der Waals surface area contributed by atoms with Gasteiger partial charge in [0.2, 0.25) is 5.91 Å². The Morgan fingerprint density at radius 2 is 2.00 bits per heavy atom. The highest BCUT2D eigenvalue weighted by Gasteiger charge is 2.10. The quantitative estimate of drug-likeness (QED) is 0.632. The molecule has 1 atom stereocenters. The lowest BCUT2D eigenvalue weighted by Crippen LogP contribution is -2.27. The van der Waals surface area contributed by atoms with Crippen LogP contribution in [0.25, 0.3) is 0 Å². The Labute approximate surface area is 108 Å². The first-order valence-corrected chi connectivity index (χ1v) is 7.47. The molecule has 0 fully saturated rings. The number of amides is 1. The molecule has 0 aromatic heterocycles. The number of nitrogens with one attached hydrogen (secondary N) is 1. The maximum absolute atomic E-state index is 11.2. The van der Waals surface area contributed by atoms with Crippen LogP contribution in [0, 0.1) is 5.92 Å². The molecule has 2 N–H and O–H groups in total. The molecule has 0 aromatic rings. The molecule has 0 aliphatic rings. The summed E-state index contributed by atoms with van der Waals surface area (Å²) in [6, 6.07) is 0.